The Labute approximate surface area is 149 Å². The van der Waals surface area contributed by atoms with Crippen molar-refractivity contribution in [2.45, 2.75) is 24.8 Å². The monoisotopic (exact) mass is 342 g/mol. The van der Waals surface area contributed by atoms with Crippen LogP contribution in [0.1, 0.15) is 27.9 Å². The molecule has 0 spiro atoms. The molecule has 0 saturated carbocycles. The highest BCUT2D eigenvalue weighted by Gasteiger charge is 2.09. The first-order valence-electron chi connectivity index (χ1n) is 8.25. The van der Waals surface area contributed by atoms with Gasteiger partial charge in [0.15, 0.2) is 0 Å². The van der Waals surface area contributed by atoms with Gasteiger partial charge in [0.1, 0.15) is 0 Å². The first kappa shape index (κ1) is 18.6. The number of amides is 1. The number of rotatable bonds is 8. The molecule has 0 fully saturated rings. The molecule has 0 aromatic heterocycles. The molecule has 2 aromatic rings. The van der Waals surface area contributed by atoms with Gasteiger partial charge in [0.2, 0.25) is 0 Å². The van der Waals surface area contributed by atoms with E-state index in [1.807, 2.05) is 31.4 Å². The largest absolute Gasteiger partial charge is 0.352 e. The summed E-state index contributed by atoms with van der Waals surface area (Å²) in [7, 11) is 2.11. The van der Waals surface area contributed by atoms with Gasteiger partial charge in [0, 0.05) is 23.5 Å². The number of nitrogens with zero attached hydrogens (tertiary/aromatic N) is 1. The lowest BCUT2D eigenvalue weighted by Gasteiger charge is -2.17. The summed E-state index contributed by atoms with van der Waals surface area (Å²) in [5, 5.41) is 3.04. The fraction of sp³-hybridized carbons (Fsp3) is 0.350. The molecule has 0 radical (unpaired) electrons. The third-order valence-electron chi connectivity index (χ3n) is 3.99. The Balaban J connectivity index is 1.75. The second kappa shape index (κ2) is 9.50. The summed E-state index contributed by atoms with van der Waals surface area (Å²) >= 11 is 1.66. The molecule has 1 N–H and O–H groups in total. The smallest absolute Gasteiger partial charge is 0.251 e. The number of thioether (sulfide) groups is 1. The van der Waals surface area contributed by atoms with Crippen LogP contribution in [0.25, 0.3) is 0 Å². The van der Waals surface area contributed by atoms with Crippen LogP contribution in [0.3, 0.4) is 0 Å². The van der Waals surface area contributed by atoms with Gasteiger partial charge in [-0.2, -0.15) is 0 Å². The van der Waals surface area contributed by atoms with Gasteiger partial charge in [-0.25, -0.2) is 0 Å². The molecule has 0 bridgehead atoms. The maximum absolute atomic E-state index is 12.3. The van der Waals surface area contributed by atoms with E-state index in [1.165, 1.54) is 5.56 Å². The summed E-state index contributed by atoms with van der Waals surface area (Å²) in [6, 6.07) is 16.5. The van der Waals surface area contributed by atoms with Gasteiger partial charge in [-0.15, -0.1) is 11.8 Å². The molecule has 0 aliphatic carbocycles. The van der Waals surface area contributed by atoms with Crippen molar-refractivity contribution in [1.82, 2.24) is 10.2 Å². The first-order chi connectivity index (χ1) is 11.6. The zero-order chi connectivity index (χ0) is 17.4. The van der Waals surface area contributed by atoms with E-state index in [9.17, 15) is 4.79 Å². The van der Waals surface area contributed by atoms with Crippen LogP contribution in [0.5, 0.6) is 0 Å². The fourth-order valence-electron chi connectivity index (χ4n) is 2.59. The van der Waals surface area contributed by atoms with Gasteiger partial charge in [-0.1, -0.05) is 36.4 Å². The Bertz CT molecular complexity index is 658. The van der Waals surface area contributed by atoms with Crippen molar-refractivity contribution in [2.75, 3.05) is 26.4 Å². The van der Waals surface area contributed by atoms with Crippen molar-refractivity contribution in [1.29, 1.82) is 0 Å². The highest BCUT2D eigenvalue weighted by molar-refractivity contribution is 7.98. The van der Waals surface area contributed by atoms with E-state index in [-0.39, 0.29) is 5.91 Å². The minimum atomic E-state index is 0.0223. The molecule has 0 heterocycles. The molecular weight excluding hydrogens is 316 g/mol. The molecule has 0 aliphatic rings. The maximum atomic E-state index is 12.3. The molecule has 1 amide bonds. The highest BCUT2D eigenvalue weighted by Crippen LogP contribution is 2.19. The number of carbonyl (C=O) groups excluding carboxylic acids is 1. The quantitative estimate of drug-likeness (QED) is 0.582. The molecule has 0 saturated heterocycles. The number of hydrogen-bond donors (Lipinski definition) is 1. The molecule has 2 rings (SSSR count). The Kier molecular flexibility index (Phi) is 7.35. The lowest BCUT2D eigenvalue weighted by molar-refractivity contribution is 0.0951. The van der Waals surface area contributed by atoms with Gasteiger partial charge in [0.25, 0.3) is 5.91 Å². The van der Waals surface area contributed by atoms with Crippen LogP contribution in [0.2, 0.25) is 0 Å². The summed E-state index contributed by atoms with van der Waals surface area (Å²) in [6.45, 7) is 4.57. The van der Waals surface area contributed by atoms with Gasteiger partial charge >= 0.3 is 0 Å². The lowest BCUT2D eigenvalue weighted by Crippen LogP contribution is -2.28. The summed E-state index contributed by atoms with van der Waals surface area (Å²) < 4.78 is 0. The minimum Gasteiger partial charge on any atom is -0.352 e. The molecule has 24 heavy (non-hydrogen) atoms. The molecule has 3 nitrogen and oxygen atoms in total. The van der Waals surface area contributed by atoms with Crippen LogP contribution in [-0.4, -0.2) is 37.2 Å². The maximum Gasteiger partial charge on any atom is 0.251 e. The molecule has 128 valence electrons. The van der Waals surface area contributed by atoms with E-state index in [1.54, 1.807) is 11.8 Å². The van der Waals surface area contributed by atoms with E-state index >= 15 is 0 Å². The van der Waals surface area contributed by atoms with Gasteiger partial charge in [-0.05, 0) is 56.5 Å². The summed E-state index contributed by atoms with van der Waals surface area (Å²) in [4.78, 5) is 15.7. The lowest BCUT2D eigenvalue weighted by atomic mass is 10.1. The van der Waals surface area contributed by atoms with Gasteiger partial charge in [0.05, 0.1) is 0 Å². The number of nitrogens with one attached hydrogen (secondary N) is 1. The molecule has 2 aromatic carbocycles. The SMILES string of the molecule is CSc1ccc(C)c(C(=O)NCCCN(C)Cc2ccccc2)c1. The van der Waals surface area contributed by atoms with Crippen LogP contribution in [-0.2, 0) is 6.54 Å². The number of carbonyl (C=O) groups is 1. The third kappa shape index (κ3) is 5.69. The van der Waals surface area contributed by atoms with Crippen LogP contribution in [0.4, 0.5) is 0 Å². The third-order valence-corrected chi connectivity index (χ3v) is 4.71. The second-order valence-corrected chi connectivity index (χ2v) is 6.89. The van der Waals surface area contributed by atoms with Crippen molar-refractivity contribution < 1.29 is 4.79 Å². The topological polar surface area (TPSA) is 32.3 Å². The minimum absolute atomic E-state index is 0.0223. The summed E-state index contributed by atoms with van der Waals surface area (Å²) in [5.41, 5.74) is 3.11. The van der Waals surface area contributed by atoms with Crippen LogP contribution in [0, 0.1) is 6.92 Å². The zero-order valence-electron chi connectivity index (χ0n) is 14.7. The average molecular weight is 343 g/mol. The van der Waals surface area contributed by atoms with Crippen LogP contribution in [0.15, 0.2) is 53.4 Å². The average Bonchev–Trinajstić information content (AvgIpc) is 2.60. The summed E-state index contributed by atoms with van der Waals surface area (Å²) in [5.74, 6) is 0.0223. The van der Waals surface area contributed by atoms with E-state index in [0.29, 0.717) is 6.54 Å². The first-order valence-corrected chi connectivity index (χ1v) is 9.48. The molecule has 4 heteroatoms. The van der Waals surface area contributed by atoms with E-state index in [4.69, 9.17) is 0 Å². The Morgan fingerprint density at radius 2 is 1.92 bits per heavy atom. The Morgan fingerprint density at radius 1 is 1.17 bits per heavy atom. The van der Waals surface area contributed by atoms with Crippen molar-refractivity contribution in [3.8, 4) is 0 Å². The zero-order valence-corrected chi connectivity index (χ0v) is 15.5. The normalized spacial score (nSPS) is 10.8. The Morgan fingerprint density at radius 3 is 2.62 bits per heavy atom. The van der Waals surface area contributed by atoms with Crippen molar-refractivity contribution >= 4 is 17.7 Å². The van der Waals surface area contributed by atoms with E-state index in [2.05, 4.69) is 47.6 Å². The van der Waals surface area contributed by atoms with E-state index < -0.39 is 0 Å². The predicted octanol–water partition coefficient (Wildman–Crippen LogP) is 3.97. The fourth-order valence-corrected chi connectivity index (χ4v) is 3.03. The van der Waals surface area contributed by atoms with Crippen LogP contribution >= 0.6 is 11.8 Å². The molecule has 0 unspecified atom stereocenters. The van der Waals surface area contributed by atoms with Gasteiger partial charge in [-0.3, -0.25) is 4.79 Å². The summed E-state index contributed by atoms with van der Waals surface area (Å²) in [6.07, 6.45) is 2.96. The number of benzene rings is 2. The number of aryl methyl sites for hydroxylation is 1. The molecular formula is C20H26N2OS. The van der Waals surface area contributed by atoms with Crippen LogP contribution < -0.4 is 5.32 Å². The van der Waals surface area contributed by atoms with Crippen molar-refractivity contribution in [3.05, 3.63) is 65.2 Å². The Hall–Kier alpha value is -1.78. The highest BCUT2D eigenvalue weighted by atomic mass is 32.2. The van der Waals surface area contributed by atoms with Gasteiger partial charge < -0.3 is 10.2 Å². The molecule has 0 atom stereocenters. The predicted molar refractivity (Wildman–Crippen MR) is 103 cm³/mol. The second-order valence-electron chi connectivity index (χ2n) is 6.01. The molecule has 0 aliphatic heterocycles. The van der Waals surface area contributed by atoms with E-state index in [0.717, 1.165) is 35.5 Å². The van der Waals surface area contributed by atoms with Crippen molar-refractivity contribution in [3.63, 3.8) is 0 Å². The number of hydrogen-bond acceptors (Lipinski definition) is 3. The standard InChI is InChI=1S/C20H26N2OS/c1-16-10-11-18(24-3)14-19(16)20(23)21-12-7-13-22(2)15-17-8-5-4-6-9-17/h4-6,8-11,14H,7,12-13,15H2,1-3H3,(H,21,23). The van der Waals surface area contributed by atoms with Crippen molar-refractivity contribution in [2.24, 2.45) is 0 Å².